The van der Waals surface area contributed by atoms with Crippen molar-refractivity contribution < 1.29 is 14.1 Å². The molecule has 0 saturated heterocycles. The summed E-state index contributed by atoms with van der Waals surface area (Å²) in [5.74, 6) is -1.46. The number of carbonyl (C=O) groups excluding carboxylic acids is 1. The zero-order valence-corrected chi connectivity index (χ0v) is 12.6. The van der Waals surface area contributed by atoms with Crippen LogP contribution in [0.1, 0.15) is 10.4 Å². The Hall–Kier alpha value is -1.99. The third-order valence-corrected chi connectivity index (χ3v) is 3.83. The number of amides is 1. The molecule has 0 unspecified atom stereocenters. The number of nitro benzene ring substituents is 1. The van der Waals surface area contributed by atoms with Crippen LogP contribution < -0.4 is 5.32 Å². The SMILES string of the molecule is O=C(Nc1ccc([N+](=O)[O-])cc1F)c1ccc(Br)c(Cl)c1. The van der Waals surface area contributed by atoms with Gasteiger partial charge in [-0.1, -0.05) is 11.6 Å². The molecule has 1 N–H and O–H groups in total. The summed E-state index contributed by atoms with van der Waals surface area (Å²) >= 11 is 9.06. The van der Waals surface area contributed by atoms with Gasteiger partial charge in [-0.2, -0.15) is 0 Å². The first kappa shape index (κ1) is 15.4. The zero-order valence-electron chi connectivity index (χ0n) is 10.3. The monoisotopic (exact) mass is 372 g/mol. The number of carbonyl (C=O) groups is 1. The number of benzene rings is 2. The standard InChI is InChI=1S/C13H7BrClFN2O3/c14-9-3-1-7(5-10(9)15)13(19)17-12-4-2-8(18(20)21)6-11(12)16/h1-6H,(H,17,19). The molecule has 0 aliphatic heterocycles. The van der Waals surface area contributed by atoms with Crippen LogP contribution in [0.4, 0.5) is 15.8 Å². The van der Waals surface area contributed by atoms with Gasteiger partial charge in [-0.25, -0.2) is 4.39 Å². The van der Waals surface area contributed by atoms with Gasteiger partial charge in [-0.15, -0.1) is 0 Å². The second kappa shape index (κ2) is 6.19. The molecule has 2 rings (SSSR count). The highest BCUT2D eigenvalue weighted by Crippen LogP contribution is 2.25. The van der Waals surface area contributed by atoms with Crippen molar-refractivity contribution >= 4 is 44.8 Å². The lowest BCUT2D eigenvalue weighted by Gasteiger charge is -2.07. The molecular weight excluding hydrogens is 367 g/mol. The van der Waals surface area contributed by atoms with Crippen LogP contribution in [0.3, 0.4) is 0 Å². The summed E-state index contributed by atoms with van der Waals surface area (Å²) in [5, 5.41) is 13.2. The van der Waals surface area contributed by atoms with E-state index >= 15 is 0 Å². The lowest BCUT2D eigenvalue weighted by molar-refractivity contribution is -0.385. The first-order chi connectivity index (χ1) is 9.88. The van der Waals surface area contributed by atoms with Crippen LogP contribution in [-0.2, 0) is 0 Å². The molecule has 0 radical (unpaired) electrons. The van der Waals surface area contributed by atoms with Crippen molar-refractivity contribution in [2.45, 2.75) is 0 Å². The molecule has 0 aliphatic rings. The number of non-ortho nitro benzene ring substituents is 1. The van der Waals surface area contributed by atoms with Crippen LogP contribution in [0, 0.1) is 15.9 Å². The van der Waals surface area contributed by atoms with Crippen molar-refractivity contribution in [3.05, 3.63) is 67.4 Å². The molecule has 0 aromatic heterocycles. The predicted molar refractivity (Wildman–Crippen MR) is 80.2 cm³/mol. The van der Waals surface area contributed by atoms with Crippen LogP contribution in [0.5, 0.6) is 0 Å². The molecule has 2 aromatic carbocycles. The van der Waals surface area contributed by atoms with Crippen molar-refractivity contribution in [3.8, 4) is 0 Å². The van der Waals surface area contributed by atoms with Crippen molar-refractivity contribution in [1.82, 2.24) is 0 Å². The lowest BCUT2D eigenvalue weighted by atomic mass is 10.2. The number of hydrogen-bond acceptors (Lipinski definition) is 3. The van der Waals surface area contributed by atoms with Gasteiger partial charge in [0.25, 0.3) is 11.6 Å². The average Bonchev–Trinajstić information content (AvgIpc) is 2.43. The Kier molecular flexibility index (Phi) is 4.54. The molecule has 0 aliphatic carbocycles. The minimum atomic E-state index is -0.888. The summed E-state index contributed by atoms with van der Waals surface area (Å²) in [6.07, 6.45) is 0. The van der Waals surface area contributed by atoms with Gasteiger partial charge in [0.05, 0.1) is 21.7 Å². The van der Waals surface area contributed by atoms with E-state index in [1.165, 1.54) is 12.1 Å². The van der Waals surface area contributed by atoms with Crippen LogP contribution in [0.15, 0.2) is 40.9 Å². The summed E-state index contributed by atoms with van der Waals surface area (Å²) in [4.78, 5) is 21.8. The van der Waals surface area contributed by atoms with E-state index < -0.39 is 22.3 Å². The Morgan fingerprint density at radius 1 is 1.29 bits per heavy atom. The maximum atomic E-state index is 13.7. The Balaban J connectivity index is 2.23. The smallest absolute Gasteiger partial charge is 0.272 e. The average molecular weight is 374 g/mol. The lowest BCUT2D eigenvalue weighted by Crippen LogP contribution is -2.13. The van der Waals surface area contributed by atoms with E-state index in [0.717, 1.165) is 18.2 Å². The Bertz CT molecular complexity index is 739. The number of anilines is 1. The summed E-state index contributed by atoms with van der Waals surface area (Å²) in [6.45, 7) is 0. The predicted octanol–water partition coefficient (Wildman–Crippen LogP) is 4.40. The topological polar surface area (TPSA) is 72.2 Å². The van der Waals surface area contributed by atoms with Crippen molar-refractivity contribution in [2.75, 3.05) is 5.32 Å². The number of hydrogen-bond donors (Lipinski definition) is 1. The van der Waals surface area contributed by atoms with Gasteiger partial charge in [0, 0.05) is 16.1 Å². The van der Waals surface area contributed by atoms with E-state index in [1.54, 1.807) is 6.07 Å². The molecule has 21 heavy (non-hydrogen) atoms. The molecule has 0 atom stereocenters. The molecule has 0 spiro atoms. The van der Waals surface area contributed by atoms with Gasteiger partial charge in [0.1, 0.15) is 0 Å². The fourth-order valence-electron chi connectivity index (χ4n) is 1.55. The van der Waals surface area contributed by atoms with Gasteiger partial charge in [0.2, 0.25) is 0 Å². The van der Waals surface area contributed by atoms with Crippen molar-refractivity contribution in [3.63, 3.8) is 0 Å². The summed E-state index contributed by atoms with van der Waals surface area (Å²) in [5.41, 5.74) is -0.303. The molecule has 0 bridgehead atoms. The van der Waals surface area contributed by atoms with Gasteiger partial charge in [0.15, 0.2) is 5.82 Å². The van der Waals surface area contributed by atoms with E-state index in [9.17, 15) is 19.3 Å². The highest BCUT2D eigenvalue weighted by Gasteiger charge is 2.14. The second-order valence-electron chi connectivity index (χ2n) is 4.00. The molecule has 0 saturated carbocycles. The van der Waals surface area contributed by atoms with Crippen molar-refractivity contribution in [2.24, 2.45) is 0 Å². The zero-order chi connectivity index (χ0) is 15.6. The number of nitro groups is 1. The largest absolute Gasteiger partial charge is 0.319 e. The molecular formula is C13H7BrClFN2O3. The van der Waals surface area contributed by atoms with Crippen LogP contribution in [0.25, 0.3) is 0 Å². The van der Waals surface area contributed by atoms with Gasteiger partial charge in [-0.3, -0.25) is 14.9 Å². The van der Waals surface area contributed by atoms with Gasteiger partial charge in [-0.05, 0) is 40.2 Å². The summed E-state index contributed by atoms with van der Waals surface area (Å²) in [7, 11) is 0. The van der Waals surface area contributed by atoms with Gasteiger partial charge < -0.3 is 5.32 Å². The summed E-state index contributed by atoms with van der Waals surface area (Å²) < 4.78 is 14.3. The number of nitrogens with zero attached hydrogens (tertiary/aromatic N) is 1. The number of rotatable bonds is 3. The van der Waals surface area contributed by atoms with Crippen LogP contribution in [-0.4, -0.2) is 10.8 Å². The Morgan fingerprint density at radius 2 is 2.00 bits per heavy atom. The third kappa shape index (κ3) is 3.56. The Morgan fingerprint density at radius 3 is 2.57 bits per heavy atom. The molecule has 8 heteroatoms. The minimum absolute atomic E-state index is 0.148. The highest BCUT2D eigenvalue weighted by molar-refractivity contribution is 9.10. The minimum Gasteiger partial charge on any atom is -0.319 e. The van der Waals surface area contributed by atoms with Crippen molar-refractivity contribution in [1.29, 1.82) is 0 Å². The highest BCUT2D eigenvalue weighted by atomic mass is 79.9. The van der Waals surface area contributed by atoms with E-state index in [0.29, 0.717) is 9.50 Å². The van der Waals surface area contributed by atoms with E-state index in [1.807, 2.05) is 0 Å². The fraction of sp³-hybridized carbons (Fsp3) is 0. The van der Waals surface area contributed by atoms with E-state index in [-0.39, 0.29) is 11.3 Å². The second-order valence-corrected chi connectivity index (χ2v) is 5.27. The fourth-order valence-corrected chi connectivity index (χ4v) is 1.98. The molecule has 0 fully saturated rings. The molecule has 1 amide bonds. The first-order valence-corrected chi connectivity index (χ1v) is 6.76. The molecule has 108 valence electrons. The first-order valence-electron chi connectivity index (χ1n) is 5.59. The van der Waals surface area contributed by atoms with E-state index in [4.69, 9.17) is 11.6 Å². The third-order valence-electron chi connectivity index (χ3n) is 2.59. The summed E-state index contributed by atoms with van der Waals surface area (Å²) in [6, 6.07) is 7.49. The van der Waals surface area contributed by atoms with E-state index in [2.05, 4.69) is 21.2 Å². The van der Waals surface area contributed by atoms with Gasteiger partial charge >= 0.3 is 0 Å². The van der Waals surface area contributed by atoms with Crippen LogP contribution >= 0.6 is 27.5 Å². The van der Waals surface area contributed by atoms with Crippen LogP contribution in [0.2, 0.25) is 5.02 Å². The maximum absolute atomic E-state index is 13.7. The molecule has 0 heterocycles. The number of halogens is 3. The molecule has 2 aromatic rings. The Labute approximate surface area is 132 Å². The maximum Gasteiger partial charge on any atom is 0.272 e. The molecule has 5 nitrogen and oxygen atoms in total. The quantitative estimate of drug-likeness (QED) is 0.640. The number of nitrogens with one attached hydrogen (secondary N) is 1. The normalized spacial score (nSPS) is 10.2.